The highest BCUT2D eigenvalue weighted by atomic mass is 127. The third kappa shape index (κ3) is 5.81. The Morgan fingerprint density at radius 2 is 1.78 bits per heavy atom. The highest BCUT2D eigenvalue weighted by molar-refractivity contribution is 14.0. The van der Waals surface area contributed by atoms with Crippen LogP contribution in [-0.4, -0.2) is 19.6 Å². The molecular weight excluding hydrogens is 467 g/mol. The topological polar surface area (TPSA) is 58.8 Å². The van der Waals surface area contributed by atoms with Gasteiger partial charge in [-0.2, -0.15) is 8.78 Å². The third-order valence-electron chi connectivity index (χ3n) is 3.77. The van der Waals surface area contributed by atoms with Crippen LogP contribution in [0.15, 0.2) is 64.0 Å². The Labute approximate surface area is 172 Å². The molecule has 0 fully saturated rings. The third-order valence-corrected chi connectivity index (χ3v) is 3.77. The van der Waals surface area contributed by atoms with Crippen LogP contribution in [0, 0.1) is 0 Å². The Morgan fingerprint density at radius 1 is 1.07 bits per heavy atom. The zero-order valence-corrected chi connectivity index (χ0v) is 16.9. The molecule has 3 rings (SSSR count). The predicted molar refractivity (Wildman–Crippen MR) is 112 cm³/mol. The maximum atomic E-state index is 12.5. The minimum atomic E-state index is -2.86. The molecule has 0 aliphatic carbocycles. The molecule has 0 amide bonds. The zero-order valence-electron chi connectivity index (χ0n) is 14.6. The Hall–Kier alpha value is -2.36. The number of ether oxygens (including phenoxy) is 1. The quantitative estimate of drug-likeness (QED) is 0.305. The summed E-state index contributed by atoms with van der Waals surface area (Å²) < 4.78 is 35.2. The molecule has 0 bridgehead atoms. The van der Waals surface area contributed by atoms with E-state index < -0.39 is 6.61 Å². The number of alkyl halides is 2. The lowest BCUT2D eigenvalue weighted by molar-refractivity contribution is -0.0504. The van der Waals surface area contributed by atoms with E-state index >= 15 is 0 Å². The van der Waals surface area contributed by atoms with Gasteiger partial charge in [0.25, 0.3) is 0 Å². The van der Waals surface area contributed by atoms with Crippen LogP contribution in [0.1, 0.15) is 11.3 Å². The van der Waals surface area contributed by atoms with Crippen LogP contribution >= 0.6 is 24.0 Å². The number of fused-ring (bicyclic) bond motifs is 1. The number of para-hydroxylation sites is 2. The first-order valence-corrected chi connectivity index (χ1v) is 8.10. The molecule has 3 aromatic rings. The summed E-state index contributed by atoms with van der Waals surface area (Å²) in [6.45, 7) is -2.12. The van der Waals surface area contributed by atoms with Gasteiger partial charge in [0.1, 0.15) is 17.1 Å². The van der Waals surface area contributed by atoms with Crippen molar-refractivity contribution in [2.45, 2.75) is 19.7 Å². The van der Waals surface area contributed by atoms with Gasteiger partial charge >= 0.3 is 6.61 Å². The van der Waals surface area contributed by atoms with Gasteiger partial charge in [0.05, 0.1) is 6.54 Å². The van der Waals surface area contributed by atoms with Crippen molar-refractivity contribution in [2.75, 3.05) is 7.05 Å². The van der Waals surface area contributed by atoms with Crippen LogP contribution in [-0.2, 0) is 13.1 Å². The number of hydrogen-bond donors (Lipinski definition) is 2. The summed E-state index contributed by atoms with van der Waals surface area (Å²) in [4.78, 5) is 4.13. The number of hydrogen-bond acceptors (Lipinski definition) is 3. The van der Waals surface area contributed by atoms with E-state index in [0.29, 0.717) is 24.6 Å². The van der Waals surface area contributed by atoms with Crippen molar-refractivity contribution in [1.29, 1.82) is 0 Å². The van der Waals surface area contributed by atoms with Crippen LogP contribution in [0.2, 0.25) is 0 Å². The van der Waals surface area contributed by atoms with E-state index in [2.05, 4.69) is 20.4 Å². The van der Waals surface area contributed by atoms with Crippen molar-refractivity contribution in [3.8, 4) is 5.75 Å². The molecule has 2 aromatic carbocycles. The van der Waals surface area contributed by atoms with E-state index in [1.54, 1.807) is 25.2 Å². The molecule has 2 N–H and O–H groups in total. The van der Waals surface area contributed by atoms with Gasteiger partial charge in [-0.3, -0.25) is 4.99 Å². The number of halogens is 3. The summed E-state index contributed by atoms with van der Waals surface area (Å²) in [6.07, 6.45) is 0. The lowest BCUT2D eigenvalue weighted by atomic mass is 10.2. The highest BCUT2D eigenvalue weighted by Gasteiger charge is 2.10. The predicted octanol–water partition coefficient (Wildman–Crippen LogP) is 4.52. The number of aliphatic imine (C=N–C) groups is 1. The fourth-order valence-electron chi connectivity index (χ4n) is 2.56. The summed E-state index contributed by atoms with van der Waals surface area (Å²) in [7, 11) is 1.63. The Kier molecular flexibility index (Phi) is 7.83. The normalized spacial score (nSPS) is 11.3. The maximum Gasteiger partial charge on any atom is 0.387 e. The fourth-order valence-corrected chi connectivity index (χ4v) is 2.56. The molecule has 0 atom stereocenters. The molecule has 8 heteroatoms. The molecular formula is C19H20F2IN3O2. The largest absolute Gasteiger partial charge is 0.459 e. The number of guanidine groups is 1. The van der Waals surface area contributed by atoms with Crippen molar-refractivity contribution >= 4 is 40.9 Å². The molecule has 1 aromatic heterocycles. The van der Waals surface area contributed by atoms with Crippen LogP contribution in [0.25, 0.3) is 11.0 Å². The monoisotopic (exact) mass is 487 g/mol. The van der Waals surface area contributed by atoms with Crippen molar-refractivity contribution in [2.24, 2.45) is 4.99 Å². The minimum Gasteiger partial charge on any atom is -0.459 e. The average Bonchev–Trinajstić information content (AvgIpc) is 3.05. The van der Waals surface area contributed by atoms with Crippen molar-refractivity contribution in [3.63, 3.8) is 0 Å². The second-order valence-electron chi connectivity index (χ2n) is 5.52. The molecule has 0 saturated heterocycles. The molecule has 1 heterocycles. The van der Waals surface area contributed by atoms with E-state index in [1.165, 1.54) is 6.07 Å². The Morgan fingerprint density at radius 3 is 2.52 bits per heavy atom. The summed E-state index contributed by atoms with van der Waals surface area (Å²) in [5.74, 6) is 1.44. The molecule has 0 aliphatic heterocycles. The van der Waals surface area contributed by atoms with E-state index in [1.807, 2.05) is 30.3 Å². The first kappa shape index (κ1) is 20.9. The molecule has 0 unspecified atom stereocenters. The number of benzene rings is 2. The maximum absolute atomic E-state index is 12.5. The van der Waals surface area contributed by atoms with Crippen LogP contribution in [0.3, 0.4) is 0 Å². The summed E-state index contributed by atoms with van der Waals surface area (Å²) in [6, 6.07) is 16.4. The van der Waals surface area contributed by atoms with Crippen molar-refractivity contribution < 1.29 is 17.9 Å². The van der Waals surface area contributed by atoms with Gasteiger partial charge in [0.15, 0.2) is 5.96 Å². The van der Waals surface area contributed by atoms with E-state index in [4.69, 9.17) is 4.42 Å². The summed E-state index contributed by atoms with van der Waals surface area (Å²) in [5, 5.41) is 7.24. The van der Waals surface area contributed by atoms with Crippen molar-refractivity contribution in [3.05, 3.63) is 65.9 Å². The fraction of sp³-hybridized carbons (Fsp3) is 0.211. The first-order chi connectivity index (χ1) is 12.7. The molecule has 0 radical (unpaired) electrons. The van der Waals surface area contributed by atoms with Crippen LogP contribution in [0.5, 0.6) is 5.75 Å². The second-order valence-corrected chi connectivity index (χ2v) is 5.52. The highest BCUT2D eigenvalue weighted by Crippen LogP contribution is 2.20. The van der Waals surface area contributed by atoms with E-state index in [-0.39, 0.29) is 29.7 Å². The second kappa shape index (κ2) is 10.1. The smallest absolute Gasteiger partial charge is 0.387 e. The Bertz CT molecular complexity index is 866. The summed E-state index contributed by atoms with van der Waals surface area (Å²) >= 11 is 0. The molecule has 0 saturated carbocycles. The minimum absolute atomic E-state index is 0. The molecule has 0 aliphatic rings. The molecule has 27 heavy (non-hydrogen) atoms. The van der Waals surface area contributed by atoms with Crippen LogP contribution in [0.4, 0.5) is 8.78 Å². The van der Waals surface area contributed by atoms with Gasteiger partial charge in [-0.05, 0) is 18.2 Å². The Balaban J connectivity index is 0.00000261. The summed E-state index contributed by atoms with van der Waals surface area (Å²) in [5.41, 5.74) is 1.44. The number of nitrogens with zero attached hydrogens (tertiary/aromatic N) is 1. The SMILES string of the molecule is CN=C(NCc1cc2ccccc2o1)NCc1ccccc1OC(F)F.I. The van der Waals surface area contributed by atoms with Gasteiger partial charge < -0.3 is 19.8 Å². The van der Waals surface area contributed by atoms with E-state index in [9.17, 15) is 8.78 Å². The van der Waals surface area contributed by atoms with Crippen molar-refractivity contribution in [1.82, 2.24) is 10.6 Å². The van der Waals surface area contributed by atoms with Crippen LogP contribution < -0.4 is 15.4 Å². The lowest BCUT2D eigenvalue weighted by Crippen LogP contribution is -2.36. The lowest BCUT2D eigenvalue weighted by Gasteiger charge is -2.14. The number of nitrogens with one attached hydrogen (secondary N) is 2. The number of rotatable bonds is 6. The molecule has 5 nitrogen and oxygen atoms in total. The number of furan rings is 1. The average molecular weight is 487 g/mol. The molecule has 0 spiro atoms. The zero-order chi connectivity index (χ0) is 18.4. The van der Waals surface area contributed by atoms with Gasteiger partial charge in [-0.1, -0.05) is 36.4 Å². The van der Waals surface area contributed by atoms with Gasteiger partial charge in [-0.15, -0.1) is 24.0 Å². The van der Waals surface area contributed by atoms with Gasteiger partial charge in [-0.25, -0.2) is 0 Å². The van der Waals surface area contributed by atoms with E-state index in [0.717, 1.165) is 16.7 Å². The standard InChI is InChI=1S/C19H19F2N3O2.HI/c1-22-19(23-11-14-7-3-5-9-17(14)26-18(20)21)24-12-15-10-13-6-2-4-8-16(13)25-15;/h2-10,18H,11-12H2,1H3,(H2,22,23,24);1H. The molecule has 144 valence electrons. The van der Waals surface area contributed by atoms with Gasteiger partial charge in [0, 0.05) is 24.5 Å². The first-order valence-electron chi connectivity index (χ1n) is 8.10. The van der Waals surface area contributed by atoms with Gasteiger partial charge in [0.2, 0.25) is 0 Å².